The van der Waals surface area contributed by atoms with Gasteiger partial charge in [0.15, 0.2) is 0 Å². The first-order chi connectivity index (χ1) is 9.19. The van der Waals surface area contributed by atoms with Crippen molar-refractivity contribution in [2.24, 2.45) is 0 Å². The van der Waals surface area contributed by atoms with Crippen molar-refractivity contribution in [2.45, 2.75) is 37.6 Å². The average molecular weight is 276 g/mol. The summed E-state index contributed by atoms with van der Waals surface area (Å²) in [4.78, 5) is 15.5. The van der Waals surface area contributed by atoms with E-state index in [2.05, 4.69) is 10.3 Å². The van der Waals surface area contributed by atoms with Crippen LogP contribution in [0.15, 0.2) is 23.7 Å². The van der Waals surface area contributed by atoms with E-state index in [1.807, 2.05) is 17.5 Å². The number of nitrogens with zero attached hydrogens (tertiary/aromatic N) is 1. The normalized spacial score (nSPS) is 17.7. The number of fused-ring (bicyclic) bond motifs is 1. The number of hydrogen-bond donors (Lipinski definition) is 2. The molecule has 2 aromatic heterocycles. The topological polar surface area (TPSA) is 62.2 Å². The van der Waals surface area contributed by atoms with Crippen LogP contribution in [0.25, 0.3) is 10.1 Å². The number of aliphatic carboxylic acids is 1. The van der Waals surface area contributed by atoms with Crippen molar-refractivity contribution in [3.8, 4) is 0 Å². The number of aromatic nitrogens is 1. The standard InChI is InChI=1S/C14H16N2O2S/c17-12(18)9-14(5-1-2-6-14)16-13-10-4-8-19-11(10)3-7-15-13/h3-4,7-8H,1-2,5-6,9H2,(H,15,16)(H,17,18). The summed E-state index contributed by atoms with van der Waals surface area (Å²) in [5.41, 5.74) is -0.324. The number of pyridine rings is 1. The molecule has 0 bridgehead atoms. The summed E-state index contributed by atoms with van der Waals surface area (Å²) < 4.78 is 1.18. The minimum absolute atomic E-state index is 0.162. The molecular formula is C14H16N2O2S. The van der Waals surface area contributed by atoms with Crippen molar-refractivity contribution >= 4 is 33.2 Å². The summed E-state index contributed by atoms with van der Waals surface area (Å²) in [5, 5.41) is 15.7. The summed E-state index contributed by atoms with van der Waals surface area (Å²) >= 11 is 1.68. The van der Waals surface area contributed by atoms with Gasteiger partial charge in [-0.1, -0.05) is 12.8 Å². The lowest BCUT2D eigenvalue weighted by Crippen LogP contribution is -2.37. The van der Waals surface area contributed by atoms with Gasteiger partial charge < -0.3 is 10.4 Å². The third kappa shape index (κ3) is 2.42. The number of carboxylic acids is 1. The maximum Gasteiger partial charge on any atom is 0.305 e. The molecule has 2 aromatic rings. The van der Waals surface area contributed by atoms with Crippen LogP contribution in [0.5, 0.6) is 0 Å². The Morgan fingerprint density at radius 1 is 1.42 bits per heavy atom. The fraction of sp³-hybridized carbons (Fsp3) is 0.429. The van der Waals surface area contributed by atoms with Gasteiger partial charge in [0.05, 0.1) is 6.42 Å². The lowest BCUT2D eigenvalue weighted by atomic mass is 9.93. The molecule has 5 heteroatoms. The summed E-state index contributed by atoms with van der Waals surface area (Å²) in [5.74, 6) is 0.0776. The highest BCUT2D eigenvalue weighted by Crippen LogP contribution is 2.37. The van der Waals surface area contributed by atoms with Gasteiger partial charge in [0.2, 0.25) is 0 Å². The smallest absolute Gasteiger partial charge is 0.305 e. The summed E-state index contributed by atoms with van der Waals surface area (Å²) in [6, 6.07) is 4.03. The molecule has 0 aromatic carbocycles. The number of carboxylic acid groups (broad SMARTS) is 1. The number of anilines is 1. The van der Waals surface area contributed by atoms with Crippen molar-refractivity contribution < 1.29 is 9.90 Å². The Morgan fingerprint density at radius 3 is 2.95 bits per heavy atom. The van der Waals surface area contributed by atoms with Crippen LogP contribution in [0.4, 0.5) is 5.82 Å². The lowest BCUT2D eigenvalue weighted by molar-refractivity contribution is -0.138. The Hall–Kier alpha value is -1.62. The third-order valence-electron chi connectivity index (χ3n) is 3.81. The van der Waals surface area contributed by atoms with Crippen LogP contribution in [0.2, 0.25) is 0 Å². The predicted octanol–water partition coefficient (Wildman–Crippen LogP) is 3.50. The molecule has 0 spiro atoms. The average Bonchev–Trinajstić information content (AvgIpc) is 2.98. The molecule has 0 saturated heterocycles. The zero-order chi connectivity index (χ0) is 13.3. The molecule has 1 aliphatic carbocycles. The summed E-state index contributed by atoms with van der Waals surface area (Å²) in [7, 11) is 0. The fourth-order valence-corrected chi connectivity index (χ4v) is 3.71. The van der Waals surface area contributed by atoms with Crippen molar-refractivity contribution in [2.75, 3.05) is 5.32 Å². The molecule has 0 aliphatic heterocycles. The summed E-state index contributed by atoms with van der Waals surface area (Å²) in [6.07, 6.45) is 5.92. The molecule has 1 saturated carbocycles. The third-order valence-corrected chi connectivity index (χ3v) is 4.70. The van der Waals surface area contributed by atoms with Gasteiger partial charge in [-0.2, -0.15) is 0 Å². The SMILES string of the molecule is O=C(O)CC1(Nc2nccc3sccc23)CCCC1. The van der Waals surface area contributed by atoms with Crippen molar-refractivity contribution in [1.29, 1.82) is 0 Å². The molecule has 19 heavy (non-hydrogen) atoms. The van der Waals surface area contributed by atoms with E-state index in [0.29, 0.717) is 0 Å². The van der Waals surface area contributed by atoms with Gasteiger partial charge in [0.25, 0.3) is 0 Å². The van der Waals surface area contributed by atoms with Crippen molar-refractivity contribution in [3.63, 3.8) is 0 Å². The molecule has 3 rings (SSSR count). The van der Waals surface area contributed by atoms with Crippen LogP contribution >= 0.6 is 11.3 Å². The Kier molecular flexibility index (Phi) is 3.14. The number of carbonyl (C=O) groups is 1. The van der Waals surface area contributed by atoms with Gasteiger partial charge in [-0.3, -0.25) is 4.79 Å². The zero-order valence-corrected chi connectivity index (χ0v) is 11.4. The number of rotatable bonds is 4. The monoisotopic (exact) mass is 276 g/mol. The van der Waals surface area contributed by atoms with Crippen LogP contribution in [0.3, 0.4) is 0 Å². The zero-order valence-electron chi connectivity index (χ0n) is 10.6. The molecule has 4 nitrogen and oxygen atoms in total. The van der Waals surface area contributed by atoms with Gasteiger partial charge in [0, 0.05) is 21.8 Å². The van der Waals surface area contributed by atoms with Gasteiger partial charge in [-0.15, -0.1) is 11.3 Å². The maximum absolute atomic E-state index is 11.1. The molecule has 0 radical (unpaired) electrons. The van der Waals surface area contributed by atoms with Gasteiger partial charge in [-0.25, -0.2) is 4.98 Å². The second-order valence-corrected chi connectivity index (χ2v) is 6.12. The first-order valence-electron chi connectivity index (χ1n) is 6.51. The Labute approximate surface area is 115 Å². The number of hydrogen-bond acceptors (Lipinski definition) is 4. The van der Waals surface area contributed by atoms with Gasteiger partial charge in [-0.05, 0) is 30.4 Å². The van der Waals surface area contributed by atoms with E-state index < -0.39 is 5.97 Å². The minimum atomic E-state index is -0.744. The fourth-order valence-electron chi connectivity index (χ4n) is 2.93. The first-order valence-corrected chi connectivity index (χ1v) is 7.39. The quantitative estimate of drug-likeness (QED) is 0.897. The Bertz CT molecular complexity index is 602. The molecule has 0 atom stereocenters. The minimum Gasteiger partial charge on any atom is -0.481 e. The van der Waals surface area contributed by atoms with Crippen LogP contribution in [-0.2, 0) is 4.79 Å². The second-order valence-electron chi connectivity index (χ2n) is 5.17. The van der Waals surface area contributed by atoms with E-state index in [4.69, 9.17) is 5.11 Å². The molecule has 2 heterocycles. The van der Waals surface area contributed by atoms with Crippen LogP contribution in [-0.4, -0.2) is 21.6 Å². The van der Waals surface area contributed by atoms with Crippen LogP contribution in [0, 0.1) is 0 Å². The van der Waals surface area contributed by atoms with E-state index in [1.54, 1.807) is 17.5 Å². The molecule has 0 amide bonds. The molecule has 2 N–H and O–H groups in total. The lowest BCUT2D eigenvalue weighted by Gasteiger charge is -2.29. The number of thiophene rings is 1. The highest BCUT2D eigenvalue weighted by atomic mass is 32.1. The highest BCUT2D eigenvalue weighted by Gasteiger charge is 2.36. The van der Waals surface area contributed by atoms with E-state index in [-0.39, 0.29) is 12.0 Å². The number of nitrogens with one attached hydrogen (secondary N) is 1. The molecule has 0 unspecified atom stereocenters. The Balaban J connectivity index is 1.93. The van der Waals surface area contributed by atoms with Crippen LogP contribution in [0.1, 0.15) is 32.1 Å². The Morgan fingerprint density at radius 2 is 2.21 bits per heavy atom. The molecule has 1 fully saturated rings. The van der Waals surface area contributed by atoms with Gasteiger partial charge in [0.1, 0.15) is 5.82 Å². The predicted molar refractivity (Wildman–Crippen MR) is 76.7 cm³/mol. The van der Waals surface area contributed by atoms with Crippen molar-refractivity contribution in [3.05, 3.63) is 23.7 Å². The summed E-state index contributed by atoms with van der Waals surface area (Å²) in [6.45, 7) is 0. The van der Waals surface area contributed by atoms with E-state index >= 15 is 0 Å². The molecular weight excluding hydrogens is 260 g/mol. The maximum atomic E-state index is 11.1. The first kappa shape index (κ1) is 12.4. The van der Waals surface area contributed by atoms with E-state index in [9.17, 15) is 4.79 Å². The van der Waals surface area contributed by atoms with E-state index in [0.717, 1.165) is 36.9 Å². The molecule has 1 aliphatic rings. The largest absolute Gasteiger partial charge is 0.481 e. The van der Waals surface area contributed by atoms with Crippen molar-refractivity contribution in [1.82, 2.24) is 4.98 Å². The second kappa shape index (κ2) is 4.81. The molecule has 100 valence electrons. The van der Waals surface area contributed by atoms with Crippen LogP contribution < -0.4 is 5.32 Å². The van der Waals surface area contributed by atoms with E-state index in [1.165, 1.54) is 4.70 Å². The highest BCUT2D eigenvalue weighted by molar-refractivity contribution is 7.17. The van der Waals surface area contributed by atoms with Gasteiger partial charge >= 0.3 is 5.97 Å².